The van der Waals surface area contributed by atoms with Gasteiger partial charge in [0.1, 0.15) is 6.54 Å². The zero-order chi connectivity index (χ0) is 19.1. The van der Waals surface area contributed by atoms with Crippen molar-refractivity contribution in [2.75, 3.05) is 43.1 Å². The van der Waals surface area contributed by atoms with Gasteiger partial charge in [0.05, 0.1) is 24.6 Å². The highest BCUT2D eigenvalue weighted by molar-refractivity contribution is 5.97. The molecular formula is C21H25N3O3. The van der Waals surface area contributed by atoms with Gasteiger partial charge in [-0.25, -0.2) is 0 Å². The molecular weight excluding hydrogens is 342 g/mol. The van der Waals surface area contributed by atoms with Crippen molar-refractivity contribution < 1.29 is 14.3 Å². The van der Waals surface area contributed by atoms with E-state index in [9.17, 15) is 9.59 Å². The lowest BCUT2D eigenvalue weighted by atomic mass is 10.2. The van der Waals surface area contributed by atoms with Crippen molar-refractivity contribution in [1.82, 2.24) is 4.90 Å². The first-order chi connectivity index (χ1) is 13.1. The van der Waals surface area contributed by atoms with E-state index in [1.807, 2.05) is 54.6 Å². The first kappa shape index (κ1) is 18.9. The molecule has 1 fully saturated rings. The van der Waals surface area contributed by atoms with E-state index < -0.39 is 0 Å². The Hall–Kier alpha value is -2.86. The number of anilines is 2. The zero-order valence-electron chi connectivity index (χ0n) is 15.6. The molecule has 0 aliphatic carbocycles. The monoisotopic (exact) mass is 367 g/mol. The van der Waals surface area contributed by atoms with Crippen LogP contribution >= 0.6 is 0 Å². The smallest absolute Gasteiger partial charge is 0.244 e. The van der Waals surface area contributed by atoms with Crippen LogP contribution in [0.25, 0.3) is 0 Å². The summed E-state index contributed by atoms with van der Waals surface area (Å²) in [7, 11) is 0. The lowest BCUT2D eigenvalue weighted by molar-refractivity contribution is -0.133. The summed E-state index contributed by atoms with van der Waals surface area (Å²) in [5.41, 5.74) is 2.73. The molecule has 1 aliphatic rings. The van der Waals surface area contributed by atoms with Gasteiger partial charge in [0, 0.05) is 26.6 Å². The summed E-state index contributed by atoms with van der Waals surface area (Å²) in [5, 5.41) is 2.96. The van der Waals surface area contributed by atoms with Crippen molar-refractivity contribution in [3.8, 4) is 0 Å². The average molecular weight is 367 g/mol. The maximum atomic E-state index is 12.6. The van der Waals surface area contributed by atoms with Crippen molar-refractivity contribution in [2.45, 2.75) is 13.5 Å². The standard InChI is InChI=1S/C21H25N3O3/c1-17(25)24(15-18-7-3-2-4-8-18)16-21(26)22-19-9-5-6-10-20(19)23-11-13-27-14-12-23/h2-10H,11-16H2,1H3,(H,22,26). The molecule has 0 aromatic heterocycles. The lowest BCUT2D eigenvalue weighted by Gasteiger charge is -2.30. The average Bonchev–Trinajstić information content (AvgIpc) is 2.69. The third-order valence-electron chi connectivity index (χ3n) is 4.53. The maximum Gasteiger partial charge on any atom is 0.244 e. The minimum atomic E-state index is -0.207. The van der Waals surface area contributed by atoms with Crippen LogP contribution < -0.4 is 10.2 Å². The highest BCUT2D eigenvalue weighted by Crippen LogP contribution is 2.26. The number of hydrogen-bond donors (Lipinski definition) is 1. The van der Waals surface area contributed by atoms with Crippen LogP contribution in [0.4, 0.5) is 11.4 Å². The number of amides is 2. The quantitative estimate of drug-likeness (QED) is 0.852. The molecule has 0 bridgehead atoms. The van der Waals surface area contributed by atoms with E-state index in [-0.39, 0.29) is 18.4 Å². The molecule has 0 radical (unpaired) electrons. The minimum Gasteiger partial charge on any atom is -0.378 e. The van der Waals surface area contributed by atoms with E-state index in [2.05, 4.69) is 10.2 Å². The number of rotatable bonds is 6. The molecule has 3 rings (SSSR count). The fourth-order valence-corrected chi connectivity index (χ4v) is 3.10. The van der Waals surface area contributed by atoms with Crippen molar-refractivity contribution in [1.29, 1.82) is 0 Å². The van der Waals surface area contributed by atoms with E-state index >= 15 is 0 Å². The number of hydrogen-bond acceptors (Lipinski definition) is 4. The Morgan fingerprint density at radius 1 is 1.04 bits per heavy atom. The van der Waals surface area contributed by atoms with Crippen LogP contribution in [0.15, 0.2) is 54.6 Å². The predicted octanol–water partition coefficient (Wildman–Crippen LogP) is 2.51. The molecule has 2 amide bonds. The van der Waals surface area contributed by atoms with Gasteiger partial charge in [-0.2, -0.15) is 0 Å². The largest absolute Gasteiger partial charge is 0.378 e. The molecule has 0 atom stereocenters. The van der Waals surface area contributed by atoms with Gasteiger partial charge in [0.2, 0.25) is 11.8 Å². The first-order valence-electron chi connectivity index (χ1n) is 9.14. The van der Waals surface area contributed by atoms with Crippen molar-refractivity contribution in [3.63, 3.8) is 0 Å². The molecule has 1 N–H and O–H groups in total. The number of nitrogens with one attached hydrogen (secondary N) is 1. The number of benzene rings is 2. The normalized spacial score (nSPS) is 13.9. The fraction of sp³-hybridized carbons (Fsp3) is 0.333. The lowest BCUT2D eigenvalue weighted by Crippen LogP contribution is -2.38. The van der Waals surface area contributed by atoms with Gasteiger partial charge in [0.15, 0.2) is 0 Å². The SMILES string of the molecule is CC(=O)N(CC(=O)Nc1ccccc1N1CCOCC1)Cc1ccccc1. The Bertz CT molecular complexity index is 773. The highest BCUT2D eigenvalue weighted by atomic mass is 16.5. The van der Waals surface area contributed by atoms with E-state index in [4.69, 9.17) is 4.74 Å². The molecule has 27 heavy (non-hydrogen) atoms. The van der Waals surface area contributed by atoms with Crippen LogP contribution in [0.1, 0.15) is 12.5 Å². The number of nitrogens with zero attached hydrogens (tertiary/aromatic N) is 2. The summed E-state index contributed by atoms with van der Waals surface area (Å²) in [5.74, 6) is -0.336. The Balaban J connectivity index is 1.66. The van der Waals surface area contributed by atoms with Crippen LogP contribution in [-0.4, -0.2) is 49.6 Å². The summed E-state index contributed by atoms with van der Waals surface area (Å²) in [6.07, 6.45) is 0. The number of carbonyl (C=O) groups excluding carboxylic acids is 2. The van der Waals surface area contributed by atoms with Crippen LogP contribution in [0, 0.1) is 0 Å². The molecule has 2 aromatic rings. The maximum absolute atomic E-state index is 12.6. The van der Waals surface area contributed by atoms with Gasteiger partial charge < -0.3 is 19.9 Å². The second-order valence-corrected chi connectivity index (χ2v) is 6.53. The molecule has 6 heteroatoms. The van der Waals surface area contributed by atoms with Crippen molar-refractivity contribution in [3.05, 3.63) is 60.2 Å². The second kappa shape index (κ2) is 9.19. The fourth-order valence-electron chi connectivity index (χ4n) is 3.10. The summed E-state index contributed by atoms with van der Waals surface area (Å²) in [6, 6.07) is 17.4. The van der Waals surface area contributed by atoms with Gasteiger partial charge in [-0.05, 0) is 17.7 Å². The van der Waals surface area contributed by atoms with Gasteiger partial charge >= 0.3 is 0 Å². The number of ether oxygens (including phenoxy) is 1. The second-order valence-electron chi connectivity index (χ2n) is 6.53. The van der Waals surface area contributed by atoms with E-state index in [1.54, 1.807) is 4.90 Å². The summed E-state index contributed by atoms with van der Waals surface area (Å²) in [4.78, 5) is 28.3. The Morgan fingerprint density at radius 3 is 2.41 bits per heavy atom. The molecule has 6 nitrogen and oxygen atoms in total. The number of morpholine rings is 1. The molecule has 1 heterocycles. The van der Waals surface area contributed by atoms with Gasteiger partial charge in [-0.15, -0.1) is 0 Å². The third-order valence-corrected chi connectivity index (χ3v) is 4.53. The van der Waals surface area contributed by atoms with Crippen LogP contribution in [-0.2, 0) is 20.9 Å². The van der Waals surface area contributed by atoms with Gasteiger partial charge in [-0.1, -0.05) is 42.5 Å². The Morgan fingerprint density at radius 2 is 1.70 bits per heavy atom. The van der Waals surface area contributed by atoms with E-state index in [1.165, 1.54) is 6.92 Å². The zero-order valence-corrected chi connectivity index (χ0v) is 15.6. The van der Waals surface area contributed by atoms with E-state index in [0.717, 1.165) is 30.0 Å². The molecule has 0 saturated carbocycles. The minimum absolute atomic E-state index is 0.0155. The Labute approximate surface area is 159 Å². The molecule has 1 saturated heterocycles. The molecule has 0 spiro atoms. The predicted molar refractivity (Wildman–Crippen MR) is 106 cm³/mol. The number of carbonyl (C=O) groups is 2. The first-order valence-corrected chi connectivity index (χ1v) is 9.14. The van der Waals surface area contributed by atoms with Crippen molar-refractivity contribution >= 4 is 23.2 Å². The molecule has 142 valence electrons. The summed E-state index contributed by atoms with van der Waals surface area (Å²) < 4.78 is 5.40. The van der Waals surface area contributed by atoms with Crippen LogP contribution in [0.3, 0.4) is 0 Å². The molecule has 1 aliphatic heterocycles. The molecule has 0 unspecified atom stereocenters. The third kappa shape index (κ3) is 5.31. The summed E-state index contributed by atoms with van der Waals surface area (Å²) in [6.45, 7) is 4.85. The highest BCUT2D eigenvalue weighted by Gasteiger charge is 2.18. The van der Waals surface area contributed by atoms with Gasteiger partial charge in [-0.3, -0.25) is 9.59 Å². The van der Waals surface area contributed by atoms with Crippen LogP contribution in [0.5, 0.6) is 0 Å². The van der Waals surface area contributed by atoms with Crippen molar-refractivity contribution in [2.24, 2.45) is 0 Å². The molecule has 2 aromatic carbocycles. The topological polar surface area (TPSA) is 61.9 Å². The number of para-hydroxylation sites is 2. The van der Waals surface area contributed by atoms with Crippen LogP contribution in [0.2, 0.25) is 0 Å². The summed E-state index contributed by atoms with van der Waals surface area (Å²) >= 11 is 0. The van der Waals surface area contributed by atoms with Gasteiger partial charge in [0.25, 0.3) is 0 Å². The Kier molecular flexibility index (Phi) is 6.44. The van der Waals surface area contributed by atoms with E-state index in [0.29, 0.717) is 19.8 Å².